The van der Waals surface area contributed by atoms with Gasteiger partial charge in [-0.05, 0) is 44.9 Å². The van der Waals surface area contributed by atoms with Gasteiger partial charge in [0.15, 0.2) is 0 Å². The number of alkyl halides is 3. The maximum Gasteiger partial charge on any atom is 0.433 e. The Bertz CT molecular complexity index is 581. The van der Waals surface area contributed by atoms with Gasteiger partial charge < -0.3 is 10.1 Å². The van der Waals surface area contributed by atoms with Gasteiger partial charge in [0.1, 0.15) is 16.4 Å². The van der Waals surface area contributed by atoms with E-state index in [2.05, 4.69) is 10.3 Å². The molecule has 1 heterocycles. The molecule has 0 aliphatic carbocycles. The van der Waals surface area contributed by atoms with Gasteiger partial charge >= 0.3 is 12.3 Å². The first-order chi connectivity index (χ1) is 10.5. The van der Waals surface area contributed by atoms with Gasteiger partial charge in [-0.15, -0.1) is 0 Å². The molecule has 1 N–H and O–H groups in total. The average molecular weight is 351 g/mol. The van der Waals surface area contributed by atoms with Crippen molar-refractivity contribution in [2.75, 3.05) is 6.54 Å². The lowest BCUT2D eigenvalue weighted by molar-refractivity contribution is -0.141. The van der Waals surface area contributed by atoms with E-state index in [1.54, 1.807) is 26.8 Å². The number of nitrogens with one attached hydrogen (secondary N) is 1. The Labute approximate surface area is 137 Å². The summed E-state index contributed by atoms with van der Waals surface area (Å²) in [5, 5.41) is 2.31. The van der Waals surface area contributed by atoms with Crippen LogP contribution in [0.15, 0.2) is 18.2 Å². The minimum Gasteiger partial charge on any atom is -0.444 e. The molecular formula is C15H18ClF3N2O2. The SMILES string of the molecule is CC(C)(C)OC(=O)NCCC=Cc1cc(Cl)nc(C(F)(F)F)c1. The van der Waals surface area contributed by atoms with Crippen molar-refractivity contribution >= 4 is 23.8 Å². The highest BCUT2D eigenvalue weighted by Gasteiger charge is 2.32. The molecule has 128 valence electrons. The maximum absolute atomic E-state index is 12.6. The minimum absolute atomic E-state index is 0.230. The van der Waals surface area contributed by atoms with Gasteiger partial charge in [0.2, 0.25) is 0 Å². The minimum atomic E-state index is -4.55. The Balaban J connectivity index is 2.53. The molecule has 0 radical (unpaired) electrons. The van der Waals surface area contributed by atoms with Crippen LogP contribution in [0, 0.1) is 0 Å². The normalized spacial score (nSPS) is 12.5. The maximum atomic E-state index is 12.6. The summed E-state index contributed by atoms with van der Waals surface area (Å²) in [6.07, 6.45) is -1.55. The summed E-state index contributed by atoms with van der Waals surface area (Å²) in [6.45, 7) is 5.55. The smallest absolute Gasteiger partial charge is 0.433 e. The van der Waals surface area contributed by atoms with Crippen molar-refractivity contribution in [3.63, 3.8) is 0 Å². The first-order valence-corrected chi connectivity index (χ1v) is 7.23. The topological polar surface area (TPSA) is 51.2 Å². The molecule has 0 aliphatic heterocycles. The number of carbonyl (C=O) groups is 1. The molecule has 1 amide bonds. The molecule has 4 nitrogen and oxygen atoms in total. The van der Waals surface area contributed by atoms with E-state index in [1.165, 1.54) is 12.1 Å². The van der Waals surface area contributed by atoms with Gasteiger partial charge in [-0.25, -0.2) is 9.78 Å². The van der Waals surface area contributed by atoms with Crippen molar-refractivity contribution in [3.8, 4) is 0 Å². The summed E-state index contributed by atoms with van der Waals surface area (Å²) in [7, 11) is 0. The fourth-order valence-corrected chi connectivity index (χ4v) is 1.77. The van der Waals surface area contributed by atoms with Crippen molar-refractivity contribution in [2.24, 2.45) is 0 Å². The highest BCUT2D eigenvalue weighted by Crippen LogP contribution is 2.29. The Morgan fingerprint density at radius 3 is 2.57 bits per heavy atom. The number of hydrogen-bond donors (Lipinski definition) is 1. The van der Waals surface area contributed by atoms with Crippen molar-refractivity contribution in [1.82, 2.24) is 10.3 Å². The third-order valence-corrected chi connectivity index (χ3v) is 2.59. The highest BCUT2D eigenvalue weighted by atomic mass is 35.5. The summed E-state index contributed by atoms with van der Waals surface area (Å²) in [5.41, 5.74) is -1.34. The molecule has 0 aliphatic rings. The van der Waals surface area contributed by atoms with Gasteiger partial charge in [-0.1, -0.05) is 23.8 Å². The van der Waals surface area contributed by atoms with Crippen LogP contribution in [0.2, 0.25) is 5.15 Å². The van der Waals surface area contributed by atoms with Crippen molar-refractivity contribution < 1.29 is 22.7 Å². The number of amides is 1. The van der Waals surface area contributed by atoms with Gasteiger partial charge in [-0.2, -0.15) is 13.2 Å². The second-order valence-electron chi connectivity index (χ2n) is 5.73. The molecule has 0 saturated carbocycles. The molecule has 0 spiro atoms. The molecule has 23 heavy (non-hydrogen) atoms. The molecule has 0 fully saturated rings. The fraction of sp³-hybridized carbons (Fsp3) is 0.467. The van der Waals surface area contributed by atoms with Crippen LogP contribution in [0.5, 0.6) is 0 Å². The summed E-state index contributed by atoms with van der Waals surface area (Å²) in [6, 6.07) is 2.23. The molecule has 0 atom stereocenters. The monoisotopic (exact) mass is 350 g/mol. The number of halogens is 4. The number of rotatable bonds is 4. The van der Waals surface area contributed by atoms with E-state index >= 15 is 0 Å². The third-order valence-electron chi connectivity index (χ3n) is 2.40. The van der Waals surface area contributed by atoms with Crippen molar-refractivity contribution in [3.05, 3.63) is 34.6 Å². The molecule has 1 rings (SSSR count). The number of nitrogens with zero attached hydrogens (tertiary/aromatic N) is 1. The molecule has 0 aromatic carbocycles. The van der Waals surface area contributed by atoms with Crippen molar-refractivity contribution in [2.45, 2.75) is 39.0 Å². The summed E-state index contributed by atoms with van der Waals surface area (Å²) >= 11 is 5.58. The molecule has 0 unspecified atom stereocenters. The van der Waals surface area contributed by atoms with E-state index in [-0.39, 0.29) is 10.7 Å². The highest BCUT2D eigenvalue weighted by molar-refractivity contribution is 6.29. The largest absolute Gasteiger partial charge is 0.444 e. The second kappa shape index (κ2) is 7.68. The molecule has 0 bridgehead atoms. The Morgan fingerprint density at radius 2 is 2.00 bits per heavy atom. The van der Waals surface area contributed by atoms with Crippen LogP contribution in [-0.4, -0.2) is 23.2 Å². The lowest BCUT2D eigenvalue weighted by Crippen LogP contribution is -2.32. The number of aromatic nitrogens is 1. The van der Waals surface area contributed by atoms with E-state index in [0.29, 0.717) is 13.0 Å². The van der Waals surface area contributed by atoms with Crippen LogP contribution in [0.1, 0.15) is 38.4 Å². The number of hydrogen-bond acceptors (Lipinski definition) is 3. The standard InChI is InChI=1S/C15H18ClF3N2O2/c1-14(2,3)23-13(22)20-7-5-4-6-10-8-11(15(17,18)19)21-12(16)9-10/h4,6,8-9H,5,7H2,1-3H3,(H,20,22). The second-order valence-corrected chi connectivity index (χ2v) is 6.11. The van der Waals surface area contributed by atoms with E-state index in [1.807, 2.05) is 0 Å². The van der Waals surface area contributed by atoms with Gasteiger partial charge in [0.25, 0.3) is 0 Å². The Kier molecular flexibility index (Phi) is 6.44. The van der Waals surface area contributed by atoms with Crippen LogP contribution >= 0.6 is 11.6 Å². The number of pyridine rings is 1. The average Bonchev–Trinajstić information content (AvgIpc) is 2.34. The lowest BCUT2D eigenvalue weighted by atomic mass is 10.2. The van der Waals surface area contributed by atoms with E-state index in [9.17, 15) is 18.0 Å². The van der Waals surface area contributed by atoms with E-state index < -0.39 is 23.6 Å². The first kappa shape index (κ1) is 19.3. The number of alkyl carbamates (subject to hydrolysis) is 1. The Hall–Kier alpha value is -1.76. The first-order valence-electron chi connectivity index (χ1n) is 6.85. The zero-order chi connectivity index (χ0) is 17.7. The quantitative estimate of drug-likeness (QED) is 0.633. The van der Waals surface area contributed by atoms with Crippen LogP contribution in [0.3, 0.4) is 0 Å². The van der Waals surface area contributed by atoms with E-state index in [0.717, 1.165) is 6.07 Å². The van der Waals surface area contributed by atoms with Crippen molar-refractivity contribution in [1.29, 1.82) is 0 Å². The predicted molar refractivity (Wildman–Crippen MR) is 82.1 cm³/mol. The lowest BCUT2D eigenvalue weighted by Gasteiger charge is -2.19. The van der Waals surface area contributed by atoms with Gasteiger partial charge in [0.05, 0.1) is 0 Å². The van der Waals surface area contributed by atoms with Gasteiger partial charge in [-0.3, -0.25) is 0 Å². The summed E-state index contributed by atoms with van der Waals surface area (Å²) in [4.78, 5) is 14.6. The van der Waals surface area contributed by atoms with E-state index in [4.69, 9.17) is 16.3 Å². The molecule has 1 aromatic heterocycles. The zero-order valence-electron chi connectivity index (χ0n) is 13.0. The Morgan fingerprint density at radius 1 is 1.35 bits per heavy atom. The van der Waals surface area contributed by atoms with Crippen LogP contribution in [-0.2, 0) is 10.9 Å². The summed E-state index contributed by atoms with van der Waals surface area (Å²) in [5.74, 6) is 0. The van der Waals surface area contributed by atoms with Crippen LogP contribution in [0.4, 0.5) is 18.0 Å². The molecule has 8 heteroatoms. The predicted octanol–water partition coefficient (Wildman–Crippen LogP) is 4.68. The number of ether oxygens (including phenoxy) is 1. The summed E-state index contributed by atoms with van der Waals surface area (Å²) < 4.78 is 42.9. The number of carbonyl (C=O) groups excluding carboxylic acids is 1. The molecule has 0 saturated heterocycles. The van der Waals surface area contributed by atoms with Crippen LogP contribution in [0.25, 0.3) is 6.08 Å². The fourth-order valence-electron chi connectivity index (χ4n) is 1.55. The molecule has 1 aromatic rings. The van der Waals surface area contributed by atoms with Gasteiger partial charge in [0, 0.05) is 6.54 Å². The molecular weight excluding hydrogens is 333 g/mol. The van der Waals surface area contributed by atoms with Crippen LogP contribution < -0.4 is 5.32 Å². The third kappa shape index (κ3) is 7.88. The zero-order valence-corrected chi connectivity index (χ0v) is 13.8.